The number of Topliss-reactive ketones (excluding diaryl/α,β-unsaturated/α-hetero) is 1. The summed E-state index contributed by atoms with van der Waals surface area (Å²) in [6, 6.07) is 13.1. The Hall–Kier alpha value is -2.86. The molecule has 0 aliphatic heterocycles. The Balaban J connectivity index is 1.63. The molecule has 120 valence electrons. The standard InChI is InChI=1S/C18H13FN2O2S/c19-15-7-5-13(6-8-15)12-1-3-14(4-2-12)18(23)21-9-16(22)17-10-20-11-24-17/h1-8,10-11H,9H2,(H,21,23). The monoisotopic (exact) mass is 340 g/mol. The maximum Gasteiger partial charge on any atom is 0.251 e. The van der Waals surface area contributed by atoms with Crippen molar-refractivity contribution < 1.29 is 14.0 Å². The molecule has 0 bridgehead atoms. The van der Waals surface area contributed by atoms with Crippen LogP contribution in [0.15, 0.2) is 60.2 Å². The van der Waals surface area contributed by atoms with E-state index in [0.29, 0.717) is 10.4 Å². The lowest BCUT2D eigenvalue weighted by Gasteiger charge is -2.06. The van der Waals surface area contributed by atoms with Gasteiger partial charge in [0, 0.05) is 11.8 Å². The van der Waals surface area contributed by atoms with Gasteiger partial charge in [-0.2, -0.15) is 0 Å². The van der Waals surface area contributed by atoms with Gasteiger partial charge in [-0.3, -0.25) is 14.6 Å². The van der Waals surface area contributed by atoms with Crippen molar-refractivity contribution in [1.82, 2.24) is 10.3 Å². The van der Waals surface area contributed by atoms with Gasteiger partial charge < -0.3 is 5.32 Å². The largest absolute Gasteiger partial charge is 0.345 e. The Morgan fingerprint density at radius 1 is 1.00 bits per heavy atom. The van der Waals surface area contributed by atoms with Crippen LogP contribution in [-0.4, -0.2) is 23.2 Å². The molecule has 0 aliphatic rings. The number of amides is 1. The molecule has 0 fully saturated rings. The number of hydrogen-bond donors (Lipinski definition) is 1. The molecule has 0 saturated heterocycles. The van der Waals surface area contributed by atoms with Crippen LogP contribution >= 0.6 is 11.3 Å². The zero-order chi connectivity index (χ0) is 16.9. The van der Waals surface area contributed by atoms with Crippen LogP contribution in [0.4, 0.5) is 4.39 Å². The fourth-order valence-corrected chi connectivity index (χ4v) is 2.72. The molecule has 3 rings (SSSR count). The van der Waals surface area contributed by atoms with Crippen molar-refractivity contribution in [1.29, 1.82) is 0 Å². The molecule has 0 spiro atoms. The number of nitrogens with one attached hydrogen (secondary N) is 1. The molecule has 4 nitrogen and oxygen atoms in total. The zero-order valence-electron chi connectivity index (χ0n) is 12.5. The van der Waals surface area contributed by atoms with E-state index in [-0.39, 0.29) is 24.1 Å². The molecule has 1 amide bonds. The topological polar surface area (TPSA) is 59.1 Å². The molecule has 0 radical (unpaired) electrons. The highest BCUT2D eigenvalue weighted by Gasteiger charge is 2.11. The van der Waals surface area contributed by atoms with Gasteiger partial charge in [-0.1, -0.05) is 24.3 Å². The number of halogens is 1. The van der Waals surface area contributed by atoms with Crippen molar-refractivity contribution in [2.75, 3.05) is 6.54 Å². The van der Waals surface area contributed by atoms with Gasteiger partial charge in [0.05, 0.1) is 16.9 Å². The average Bonchev–Trinajstić information content (AvgIpc) is 3.15. The first-order valence-electron chi connectivity index (χ1n) is 7.19. The number of carbonyl (C=O) groups excluding carboxylic acids is 2. The number of nitrogens with zero attached hydrogens (tertiary/aromatic N) is 1. The highest BCUT2D eigenvalue weighted by Crippen LogP contribution is 2.20. The minimum absolute atomic E-state index is 0.0687. The summed E-state index contributed by atoms with van der Waals surface area (Å²) >= 11 is 1.24. The molecule has 0 aliphatic carbocycles. The molecular weight excluding hydrogens is 327 g/mol. The lowest BCUT2D eigenvalue weighted by molar-refractivity contribution is 0.0905. The van der Waals surface area contributed by atoms with Crippen LogP contribution in [0.2, 0.25) is 0 Å². The van der Waals surface area contributed by atoms with Crippen molar-refractivity contribution >= 4 is 23.0 Å². The number of rotatable bonds is 5. The lowest BCUT2D eigenvalue weighted by Crippen LogP contribution is -2.29. The Morgan fingerprint density at radius 3 is 2.21 bits per heavy atom. The summed E-state index contributed by atoms with van der Waals surface area (Å²) in [5.41, 5.74) is 3.78. The average molecular weight is 340 g/mol. The molecular formula is C18H13FN2O2S. The predicted molar refractivity (Wildman–Crippen MR) is 90.6 cm³/mol. The van der Waals surface area contributed by atoms with Crippen molar-refractivity contribution in [3.63, 3.8) is 0 Å². The molecule has 1 heterocycles. The van der Waals surface area contributed by atoms with E-state index in [4.69, 9.17) is 0 Å². The molecule has 2 aromatic carbocycles. The van der Waals surface area contributed by atoms with Gasteiger partial charge in [0.2, 0.25) is 0 Å². The number of thiazole rings is 1. The smallest absolute Gasteiger partial charge is 0.251 e. The SMILES string of the molecule is O=C(NCC(=O)c1cncs1)c1ccc(-c2ccc(F)cc2)cc1. The third kappa shape index (κ3) is 3.72. The predicted octanol–water partition coefficient (Wildman–Crippen LogP) is 3.56. The second-order valence-corrected chi connectivity index (χ2v) is 5.94. The van der Waals surface area contributed by atoms with Crippen LogP contribution in [0.3, 0.4) is 0 Å². The second-order valence-electron chi connectivity index (χ2n) is 5.06. The van der Waals surface area contributed by atoms with Gasteiger partial charge >= 0.3 is 0 Å². The van der Waals surface area contributed by atoms with Crippen molar-refractivity contribution in [3.8, 4) is 11.1 Å². The third-order valence-electron chi connectivity index (χ3n) is 3.44. The van der Waals surface area contributed by atoms with Crippen LogP contribution in [0, 0.1) is 5.82 Å². The summed E-state index contributed by atoms with van der Waals surface area (Å²) < 4.78 is 12.9. The van der Waals surface area contributed by atoms with E-state index in [2.05, 4.69) is 10.3 Å². The van der Waals surface area contributed by atoms with Gasteiger partial charge in [0.1, 0.15) is 5.82 Å². The molecule has 0 unspecified atom stereocenters. The van der Waals surface area contributed by atoms with E-state index < -0.39 is 0 Å². The molecule has 24 heavy (non-hydrogen) atoms. The lowest BCUT2D eigenvalue weighted by atomic mass is 10.0. The minimum atomic E-state index is -0.321. The number of hydrogen-bond acceptors (Lipinski definition) is 4. The molecule has 0 atom stereocenters. The van der Waals surface area contributed by atoms with E-state index >= 15 is 0 Å². The van der Waals surface area contributed by atoms with Crippen LogP contribution in [0.1, 0.15) is 20.0 Å². The van der Waals surface area contributed by atoms with Crippen LogP contribution in [0.25, 0.3) is 11.1 Å². The summed E-state index contributed by atoms with van der Waals surface area (Å²) in [6.07, 6.45) is 1.48. The van der Waals surface area contributed by atoms with E-state index in [1.807, 2.05) is 0 Å². The Kier molecular flexibility index (Phi) is 4.77. The van der Waals surface area contributed by atoms with Gasteiger partial charge in [-0.25, -0.2) is 4.39 Å². The van der Waals surface area contributed by atoms with E-state index in [9.17, 15) is 14.0 Å². The highest BCUT2D eigenvalue weighted by molar-refractivity contribution is 7.11. The zero-order valence-corrected chi connectivity index (χ0v) is 13.3. The highest BCUT2D eigenvalue weighted by atomic mass is 32.1. The summed E-state index contributed by atoms with van der Waals surface area (Å²) in [7, 11) is 0. The molecule has 0 saturated carbocycles. The summed E-state index contributed by atoms with van der Waals surface area (Å²) in [6.45, 7) is -0.0687. The maximum absolute atomic E-state index is 12.9. The normalized spacial score (nSPS) is 10.4. The first-order valence-corrected chi connectivity index (χ1v) is 8.07. The van der Waals surface area contributed by atoms with Gasteiger partial charge in [0.15, 0.2) is 5.78 Å². The van der Waals surface area contributed by atoms with E-state index in [1.54, 1.807) is 41.9 Å². The molecule has 6 heteroatoms. The van der Waals surface area contributed by atoms with Crippen LogP contribution in [-0.2, 0) is 0 Å². The number of aromatic nitrogens is 1. The summed E-state index contributed by atoms with van der Waals surface area (Å²) in [4.78, 5) is 28.3. The first-order chi connectivity index (χ1) is 11.6. The van der Waals surface area contributed by atoms with Gasteiger partial charge in [-0.15, -0.1) is 11.3 Å². The maximum atomic E-state index is 12.9. The molecule has 1 aromatic heterocycles. The summed E-state index contributed by atoms with van der Waals surface area (Å²) in [5.74, 6) is -0.785. The van der Waals surface area contributed by atoms with Crippen molar-refractivity contribution in [3.05, 3.63) is 76.5 Å². The van der Waals surface area contributed by atoms with Crippen molar-refractivity contribution in [2.24, 2.45) is 0 Å². The van der Waals surface area contributed by atoms with Crippen LogP contribution in [0.5, 0.6) is 0 Å². The van der Waals surface area contributed by atoms with Gasteiger partial charge in [0.25, 0.3) is 5.91 Å². The Bertz CT molecular complexity index is 844. The summed E-state index contributed by atoms with van der Waals surface area (Å²) in [5, 5.41) is 2.59. The first kappa shape index (κ1) is 16.0. The Labute approximate surface area is 142 Å². The quantitative estimate of drug-likeness (QED) is 0.723. The minimum Gasteiger partial charge on any atom is -0.345 e. The molecule has 3 aromatic rings. The number of benzene rings is 2. The van der Waals surface area contributed by atoms with Gasteiger partial charge in [-0.05, 0) is 35.4 Å². The third-order valence-corrected chi connectivity index (χ3v) is 4.26. The van der Waals surface area contributed by atoms with E-state index in [1.165, 1.54) is 29.7 Å². The van der Waals surface area contributed by atoms with E-state index in [0.717, 1.165) is 11.1 Å². The number of carbonyl (C=O) groups is 2. The fourth-order valence-electron chi connectivity index (χ4n) is 2.16. The number of ketones is 1. The Morgan fingerprint density at radius 2 is 1.62 bits per heavy atom. The van der Waals surface area contributed by atoms with Crippen molar-refractivity contribution in [2.45, 2.75) is 0 Å². The second kappa shape index (κ2) is 7.14. The fraction of sp³-hybridized carbons (Fsp3) is 0.0556. The molecule has 1 N–H and O–H groups in total. The van der Waals surface area contributed by atoms with Crippen LogP contribution < -0.4 is 5.32 Å².